The molecule has 0 bridgehead atoms. The van der Waals surface area contributed by atoms with Crippen molar-refractivity contribution in [3.63, 3.8) is 0 Å². The summed E-state index contributed by atoms with van der Waals surface area (Å²) in [4.78, 5) is 12.3. The van der Waals surface area contributed by atoms with Crippen molar-refractivity contribution >= 4 is 23.4 Å². The number of hydrogen-bond acceptors (Lipinski definition) is 6. The third-order valence-electron chi connectivity index (χ3n) is 3.97. The van der Waals surface area contributed by atoms with Crippen molar-refractivity contribution in [2.75, 3.05) is 11.9 Å². The van der Waals surface area contributed by atoms with E-state index in [1.807, 2.05) is 0 Å². The zero-order valence-electron chi connectivity index (χ0n) is 14.8. The molecule has 4 aromatic rings. The SMILES string of the molecule is N#Cc1c(NC(=O)COc2ccc(Cl)cc2)oc(-c2ccco2)c1-c1ccco1. The van der Waals surface area contributed by atoms with E-state index in [4.69, 9.17) is 29.6 Å². The molecule has 0 saturated carbocycles. The van der Waals surface area contributed by atoms with Crippen molar-refractivity contribution in [3.05, 3.63) is 71.6 Å². The summed E-state index contributed by atoms with van der Waals surface area (Å²) in [6.07, 6.45) is 2.96. The molecule has 0 aliphatic carbocycles. The molecular weight excluding hydrogens is 396 g/mol. The lowest BCUT2D eigenvalue weighted by atomic mass is 10.1. The highest BCUT2D eigenvalue weighted by molar-refractivity contribution is 6.30. The molecule has 0 aliphatic rings. The van der Waals surface area contributed by atoms with Crippen molar-refractivity contribution < 1.29 is 22.8 Å². The second-order valence-corrected chi connectivity index (χ2v) is 6.30. The Morgan fingerprint density at radius 3 is 2.38 bits per heavy atom. The largest absolute Gasteiger partial charge is 0.484 e. The average Bonchev–Trinajstić information content (AvgIpc) is 3.47. The van der Waals surface area contributed by atoms with Gasteiger partial charge in [0.1, 0.15) is 23.1 Å². The minimum absolute atomic E-state index is 0.0185. The number of carbonyl (C=O) groups is 1. The normalized spacial score (nSPS) is 10.5. The van der Waals surface area contributed by atoms with E-state index in [0.717, 1.165) is 0 Å². The molecule has 0 saturated heterocycles. The van der Waals surface area contributed by atoms with Gasteiger partial charge in [-0.25, -0.2) is 0 Å². The van der Waals surface area contributed by atoms with Crippen LogP contribution in [0.2, 0.25) is 5.02 Å². The van der Waals surface area contributed by atoms with E-state index in [0.29, 0.717) is 27.9 Å². The lowest BCUT2D eigenvalue weighted by Gasteiger charge is -2.06. The van der Waals surface area contributed by atoms with Crippen LogP contribution in [0, 0.1) is 11.3 Å². The molecule has 0 spiro atoms. The number of ether oxygens (including phenoxy) is 1. The first-order valence-corrected chi connectivity index (χ1v) is 8.86. The maximum atomic E-state index is 12.3. The topological polar surface area (TPSA) is 102 Å². The maximum Gasteiger partial charge on any atom is 0.264 e. The zero-order valence-corrected chi connectivity index (χ0v) is 15.6. The van der Waals surface area contributed by atoms with Gasteiger partial charge >= 0.3 is 0 Å². The van der Waals surface area contributed by atoms with Crippen LogP contribution < -0.4 is 10.1 Å². The molecule has 3 aromatic heterocycles. The predicted octanol–water partition coefficient (Wildman–Crippen LogP) is 5.34. The molecule has 8 heteroatoms. The van der Waals surface area contributed by atoms with Gasteiger partial charge in [-0.15, -0.1) is 0 Å². The van der Waals surface area contributed by atoms with Crippen LogP contribution >= 0.6 is 11.6 Å². The fourth-order valence-corrected chi connectivity index (χ4v) is 2.83. The highest BCUT2D eigenvalue weighted by Gasteiger charge is 2.27. The Kier molecular flexibility index (Phi) is 5.10. The van der Waals surface area contributed by atoms with E-state index in [-0.39, 0.29) is 23.8 Å². The minimum Gasteiger partial charge on any atom is -0.484 e. The highest BCUT2D eigenvalue weighted by Crippen LogP contribution is 2.41. The van der Waals surface area contributed by atoms with Crippen LogP contribution in [-0.4, -0.2) is 12.5 Å². The first-order chi connectivity index (χ1) is 14.2. The number of anilines is 1. The zero-order chi connectivity index (χ0) is 20.2. The van der Waals surface area contributed by atoms with E-state index in [2.05, 4.69) is 11.4 Å². The number of furan rings is 3. The van der Waals surface area contributed by atoms with E-state index < -0.39 is 5.91 Å². The van der Waals surface area contributed by atoms with E-state index in [9.17, 15) is 10.1 Å². The quantitative estimate of drug-likeness (QED) is 0.462. The molecule has 0 atom stereocenters. The lowest BCUT2D eigenvalue weighted by molar-refractivity contribution is -0.118. The van der Waals surface area contributed by atoms with Gasteiger partial charge in [-0.1, -0.05) is 11.6 Å². The first kappa shape index (κ1) is 18.5. The van der Waals surface area contributed by atoms with E-state index in [1.165, 1.54) is 12.5 Å². The standard InChI is InChI=1S/C21H13ClN2O5/c22-13-5-7-14(8-6-13)28-12-18(25)24-21-15(11-23)19(16-3-1-9-26-16)20(29-21)17-4-2-10-27-17/h1-10H,12H2,(H,24,25). The Bertz CT molecular complexity index is 1150. The van der Waals surface area contributed by atoms with Crippen LogP contribution in [0.5, 0.6) is 5.75 Å². The second kappa shape index (κ2) is 8.00. The number of nitrogens with zero attached hydrogens (tertiary/aromatic N) is 1. The van der Waals surface area contributed by atoms with Gasteiger partial charge in [-0.2, -0.15) is 5.26 Å². The summed E-state index contributed by atoms with van der Waals surface area (Å²) in [5.41, 5.74) is 0.507. The van der Waals surface area contributed by atoms with Crippen molar-refractivity contribution in [1.29, 1.82) is 5.26 Å². The fraction of sp³-hybridized carbons (Fsp3) is 0.0476. The van der Waals surface area contributed by atoms with Crippen molar-refractivity contribution in [2.24, 2.45) is 0 Å². The highest BCUT2D eigenvalue weighted by atomic mass is 35.5. The summed E-state index contributed by atoms with van der Waals surface area (Å²) in [5, 5.41) is 12.8. The van der Waals surface area contributed by atoms with Crippen LogP contribution in [0.25, 0.3) is 22.8 Å². The number of rotatable bonds is 6. The van der Waals surface area contributed by atoms with Crippen molar-refractivity contribution in [2.45, 2.75) is 0 Å². The fourth-order valence-electron chi connectivity index (χ4n) is 2.71. The smallest absolute Gasteiger partial charge is 0.264 e. The maximum absolute atomic E-state index is 12.3. The monoisotopic (exact) mass is 408 g/mol. The van der Waals surface area contributed by atoms with Crippen LogP contribution in [0.15, 0.2) is 74.3 Å². The summed E-state index contributed by atoms with van der Waals surface area (Å²) in [7, 11) is 0. The van der Waals surface area contributed by atoms with E-state index >= 15 is 0 Å². The predicted molar refractivity (Wildman–Crippen MR) is 104 cm³/mol. The third kappa shape index (κ3) is 3.88. The summed E-state index contributed by atoms with van der Waals surface area (Å²) < 4.78 is 22.0. The van der Waals surface area contributed by atoms with Gasteiger partial charge in [-0.05, 0) is 48.5 Å². The van der Waals surface area contributed by atoms with Gasteiger partial charge in [-0.3, -0.25) is 10.1 Å². The molecular formula is C21H13ClN2O5. The molecule has 4 rings (SSSR count). The summed E-state index contributed by atoms with van der Waals surface area (Å²) >= 11 is 5.82. The molecule has 1 amide bonds. The molecule has 0 aliphatic heterocycles. The number of hydrogen-bond donors (Lipinski definition) is 1. The number of carbonyl (C=O) groups excluding carboxylic acids is 1. The van der Waals surface area contributed by atoms with Crippen LogP contribution in [-0.2, 0) is 4.79 Å². The van der Waals surface area contributed by atoms with Gasteiger partial charge < -0.3 is 18.0 Å². The van der Waals surface area contributed by atoms with Crippen molar-refractivity contribution in [1.82, 2.24) is 0 Å². The lowest BCUT2D eigenvalue weighted by Crippen LogP contribution is -2.20. The van der Waals surface area contributed by atoms with Gasteiger partial charge in [0.15, 0.2) is 18.1 Å². The summed E-state index contributed by atoms with van der Waals surface area (Å²) in [5.74, 6) is 1.05. The summed E-state index contributed by atoms with van der Waals surface area (Å²) in [6, 6.07) is 15.4. The van der Waals surface area contributed by atoms with Gasteiger partial charge in [0.2, 0.25) is 5.88 Å². The van der Waals surface area contributed by atoms with Crippen LogP contribution in [0.4, 0.5) is 5.88 Å². The third-order valence-corrected chi connectivity index (χ3v) is 4.22. The number of benzene rings is 1. The molecule has 29 heavy (non-hydrogen) atoms. The van der Waals surface area contributed by atoms with Gasteiger partial charge in [0.05, 0.1) is 18.1 Å². The number of amides is 1. The van der Waals surface area contributed by atoms with Crippen LogP contribution in [0.1, 0.15) is 5.56 Å². The Balaban J connectivity index is 1.60. The molecule has 1 N–H and O–H groups in total. The Hall–Kier alpha value is -3.89. The average molecular weight is 409 g/mol. The number of nitrogens with one attached hydrogen (secondary N) is 1. The molecule has 3 heterocycles. The second-order valence-electron chi connectivity index (χ2n) is 5.87. The Morgan fingerprint density at radius 1 is 1.07 bits per heavy atom. The number of nitriles is 1. The minimum atomic E-state index is -0.498. The van der Waals surface area contributed by atoms with Gasteiger partial charge in [0.25, 0.3) is 5.91 Å². The summed E-state index contributed by atoms with van der Waals surface area (Å²) in [6.45, 7) is -0.278. The molecule has 0 radical (unpaired) electrons. The number of halogens is 1. The Labute approximate surface area is 170 Å². The molecule has 1 aromatic carbocycles. The van der Waals surface area contributed by atoms with Gasteiger partial charge in [0, 0.05) is 5.02 Å². The first-order valence-electron chi connectivity index (χ1n) is 8.48. The molecule has 0 fully saturated rings. The molecule has 7 nitrogen and oxygen atoms in total. The van der Waals surface area contributed by atoms with E-state index in [1.54, 1.807) is 48.5 Å². The Morgan fingerprint density at radius 2 is 1.76 bits per heavy atom. The molecule has 0 unspecified atom stereocenters. The molecule has 144 valence electrons. The van der Waals surface area contributed by atoms with Crippen molar-refractivity contribution in [3.8, 4) is 34.7 Å². The van der Waals surface area contributed by atoms with Crippen LogP contribution in [0.3, 0.4) is 0 Å².